The number of hydrogen-bond acceptors (Lipinski definition) is 5. The molecule has 0 aliphatic heterocycles. The second-order valence-corrected chi connectivity index (χ2v) is 7.28. The highest BCUT2D eigenvalue weighted by Gasteiger charge is 2.22. The molecule has 128 valence electrons. The Morgan fingerprint density at radius 1 is 1.29 bits per heavy atom. The van der Waals surface area contributed by atoms with Crippen LogP contribution in [0.3, 0.4) is 0 Å². The van der Waals surface area contributed by atoms with Crippen molar-refractivity contribution in [3.63, 3.8) is 0 Å². The van der Waals surface area contributed by atoms with Gasteiger partial charge < -0.3 is 10.4 Å². The summed E-state index contributed by atoms with van der Waals surface area (Å²) in [5, 5.41) is 15.7. The fourth-order valence-electron chi connectivity index (χ4n) is 3.17. The number of aromatic nitrogens is 2. The number of amides is 1. The fraction of sp³-hybridized carbons (Fsp3) is 0.500. The van der Waals surface area contributed by atoms with Crippen LogP contribution in [-0.4, -0.2) is 27.1 Å². The van der Waals surface area contributed by atoms with E-state index in [0.29, 0.717) is 18.9 Å². The zero-order valence-corrected chi connectivity index (χ0v) is 14.5. The summed E-state index contributed by atoms with van der Waals surface area (Å²) < 4.78 is 0. The van der Waals surface area contributed by atoms with Gasteiger partial charge in [0.1, 0.15) is 11.1 Å². The lowest BCUT2D eigenvalue weighted by molar-refractivity contribution is -0.130. The zero-order valence-electron chi connectivity index (χ0n) is 13.6. The van der Waals surface area contributed by atoms with Crippen LogP contribution >= 0.6 is 11.3 Å². The van der Waals surface area contributed by atoms with Crippen molar-refractivity contribution < 1.29 is 9.90 Å². The van der Waals surface area contributed by atoms with E-state index in [0.717, 1.165) is 29.1 Å². The Balaban J connectivity index is 1.48. The summed E-state index contributed by atoms with van der Waals surface area (Å²) in [6.07, 6.45) is 9.11. The van der Waals surface area contributed by atoms with Gasteiger partial charge >= 0.3 is 0 Å². The van der Waals surface area contributed by atoms with Crippen LogP contribution in [0.2, 0.25) is 0 Å². The van der Waals surface area contributed by atoms with Gasteiger partial charge in [-0.3, -0.25) is 9.78 Å². The molecular weight excluding hydrogens is 322 g/mol. The third-order valence-corrected chi connectivity index (χ3v) is 5.37. The molecule has 1 fully saturated rings. The van der Waals surface area contributed by atoms with Crippen molar-refractivity contribution in [3.05, 3.63) is 34.9 Å². The van der Waals surface area contributed by atoms with Crippen LogP contribution in [0.15, 0.2) is 29.9 Å². The summed E-state index contributed by atoms with van der Waals surface area (Å²) in [6, 6.07) is 3.82. The maximum Gasteiger partial charge on any atom is 0.249 e. The molecule has 6 heteroatoms. The predicted octanol–water partition coefficient (Wildman–Crippen LogP) is 3.15. The summed E-state index contributed by atoms with van der Waals surface area (Å²) >= 11 is 1.51. The molecule has 3 rings (SSSR count). The number of hydrogen-bond donors (Lipinski definition) is 2. The number of carbonyl (C=O) groups is 1. The number of nitrogens with one attached hydrogen (secondary N) is 1. The summed E-state index contributed by atoms with van der Waals surface area (Å²) in [7, 11) is 0. The van der Waals surface area contributed by atoms with Crippen molar-refractivity contribution in [2.75, 3.05) is 0 Å². The molecule has 0 unspecified atom stereocenters. The molecular formula is C18H23N3O2S. The summed E-state index contributed by atoms with van der Waals surface area (Å²) in [6.45, 7) is 0.357. The molecule has 5 nitrogen and oxygen atoms in total. The van der Waals surface area contributed by atoms with Gasteiger partial charge in [0.05, 0.1) is 12.2 Å². The van der Waals surface area contributed by atoms with Gasteiger partial charge in [-0.25, -0.2) is 4.98 Å². The van der Waals surface area contributed by atoms with E-state index in [9.17, 15) is 9.90 Å². The first-order valence-corrected chi connectivity index (χ1v) is 9.41. The predicted molar refractivity (Wildman–Crippen MR) is 94.4 cm³/mol. The van der Waals surface area contributed by atoms with E-state index < -0.39 is 6.10 Å². The van der Waals surface area contributed by atoms with E-state index in [1.807, 2.05) is 17.5 Å². The number of carbonyl (C=O) groups excluding carboxylic acids is 1. The van der Waals surface area contributed by atoms with Gasteiger partial charge in [-0.05, 0) is 24.5 Å². The number of thiazole rings is 1. The van der Waals surface area contributed by atoms with E-state index in [2.05, 4.69) is 15.3 Å². The van der Waals surface area contributed by atoms with E-state index in [1.165, 1.54) is 30.6 Å². The third kappa shape index (κ3) is 4.61. The number of nitrogens with zero attached hydrogens (tertiary/aromatic N) is 2. The highest BCUT2D eigenvalue weighted by molar-refractivity contribution is 7.09. The van der Waals surface area contributed by atoms with Gasteiger partial charge in [0, 0.05) is 23.3 Å². The van der Waals surface area contributed by atoms with Crippen LogP contribution in [0.1, 0.15) is 43.5 Å². The number of aliphatic hydroxyl groups excluding tert-OH is 1. The van der Waals surface area contributed by atoms with Gasteiger partial charge in [0.2, 0.25) is 5.91 Å². The molecule has 0 radical (unpaired) electrons. The van der Waals surface area contributed by atoms with Crippen LogP contribution in [0.4, 0.5) is 0 Å². The van der Waals surface area contributed by atoms with Crippen molar-refractivity contribution in [2.24, 2.45) is 5.92 Å². The van der Waals surface area contributed by atoms with Crippen molar-refractivity contribution in [1.29, 1.82) is 0 Å². The van der Waals surface area contributed by atoms with Crippen LogP contribution in [0, 0.1) is 5.92 Å². The molecule has 0 saturated heterocycles. The summed E-state index contributed by atoms with van der Waals surface area (Å²) in [5.74, 6) is 0.193. The van der Waals surface area contributed by atoms with Gasteiger partial charge in [-0.15, -0.1) is 11.3 Å². The first-order valence-electron chi connectivity index (χ1n) is 8.53. The van der Waals surface area contributed by atoms with Crippen molar-refractivity contribution in [1.82, 2.24) is 15.3 Å². The second-order valence-electron chi connectivity index (χ2n) is 6.34. The van der Waals surface area contributed by atoms with Gasteiger partial charge in [0.15, 0.2) is 0 Å². The standard InChI is InChI=1S/C18H23N3O2S/c22-16(10-13-4-2-1-3-5-13)18(23)20-11-17-21-15(12-24-17)14-6-8-19-9-7-14/h6-9,12-13,16,22H,1-5,10-11H2,(H,20,23)/t16-/m0/s1. The fourth-order valence-corrected chi connectivity index (χ4v) is 3.92. The minimum absolute atomic E-state index is 0.291. The number of pyridine rings is 1. The lowest BCUT2D eigenvalue weighted by atomic mass is 9.85. The molecule has 2 aromatic heterocycles. The van der Waals surface area contributed by atoms with Crippen LogP contribution in [0.5, 0.6) is 0 Å². The SMILES string of the molecule is O=C(NCc1nc(-c2ccncc2)cs1)[C@@H](O)CC1CCCCC1. The van der Waals surface area contributed by atoms with Crippen LogP contribution < -0.4 is 5.32 Å². The Bertz CT molecular complexity index is 653. The smallest absolute Gasteiger partial charge is 0.249 e. The minimum atomic E-state index is -0.910. The Labute approximate surface area is 146 Å². The van der Waals surface area contributed by atoms with E-state index in [-0.39, 0.29) is 5.91 Å². The highest BCUT2D eigenvalue weighted by Crippen LogP contribution is 2.27. The molecule has 1 aliphatic rings. The molecule has 1 amide bonds. The topological polar surface area (TPSA) is 75.1 Å². The molecule has 1 saturated carbocycles. The van der Waals surface area contributed by atoms with Gasteiger partial charge in [0.25, 0.3) is 0 Å². The van der Waals surface area contributed by atoms with Crippen molar-refractivity contribution >= 4 is 17.2 Å². The Morgan fingerprint density at radius 2 is 2.04 bits per heavy atom. The van der Waals surface area contributed by atoms with Gasteiger partial charge in [-0.2, -0.15) is 0 Å². The Morgan fingerprint density at radius 3 is 2.79 bits per heavy atom. The zero-order chi connectivity index (χ0) is 16.8. The Kier molecular flexibility index (Phi) is 5.93. The van der Waals surface area contributed by atoms with Crippen molar-refractivity contribution in [3.8, 4) is 11.3 Å². The first-order chi connectivity index (χ1) is 11.7. The first kappa shape index (κ1) is 17.0. The average Bonchev–Trinajstić information content (AvgIpc) is 3.10. The molecule has 24 heavy (non-hydrogen) atoms. The second kappa shape index (κ2) is 8.35. The summed E-state index contributed by atoms with van der Waals surface area (Å²) in [5.41, 5.74) is 1.89. The number of rotatable bonds is 6. The lowest BCUT2D eigenvalue weighted by Gasteiger charge is -2.23. The molecule has 1 atom stereocenters. The molecule has 2 heterocycles. The molecule has 1 aliphatic carbocycles. The lowest BCUT2D eigenvalue weighted by Crippen LogP contribution is -2.35. The molecule has 2 aromatic rings. The molecule has 0 spiro atoms. The summed E-state index contributed by atoms with van der Waals surface area (Å²) in [4.78, 5) is 20.6. The van der Waals surface area contributed by atoms with E-state index in [1.54, 1.807) is 12.4 Å². The minimum Gasteiger partial charge on any atom is -0.383 e. The molecule has 2 N–H and O–H groups in total. The maximum atomic E-state index is 12.1. The third-order valence-electron chi connectivity index (χ3n) is 4.53. The van der Waals surface area contributed by atoms with E-state index in [4.69, 9.17) is 0 Å². The largest absolute Gasteiger partial charge is 0.383 e. The molecule has 0 aromatic carbocycles. The average molecular weight is 345 g/mol. The molecule has 0 bridgehead atoms. The van der Waals surface area contributed by atoms with Gasteiger partial charge in [-0.1, -0.05) is 32.1 Å². The number of aliphatic hydroxyl groups is 1. The normalized spacial score (nSPS) is 16.7. The Hall–Kier alpha value is -1.79. The van der Waals surface area contributed by atoms with E-state index >= 15 is 0 Å². The van der Waals surface area contributed by atoms with Crippen LogP contribution in [0.25, 0.3) is 11.3 Å². The highest BCUT2D eigenvalue weighted by atomic mass is 32.1. The quantitative estimate of drug-likeness (QED) is 0.843. The maximum absolute atomic E-state index is 12.1. The van der Waals surface area contributed by atoms with Crippen molar-refractivity contribution in [2.45, 2.75) is 51.2 Å². The monoisotopic (exact) mass is 345 g/mol. The van der Waals surface area contributed by atoms with Crippen LogP contribution in [-0.2, 0) is 11.3 Å².